The number of hydrogen-bond acceptors (Lipinski definition) is 7. The van der Waals surface area contributed by atoms with E-state index in [9.17, 15) is 19.1 Å². The molecule has 1 saturated heterocycles. The number of aromatic nitrogens is 1. The number of ether oxygens (including phenoxy) is 2. The summed E-state index contributed by atoms with van der Waals surface area (Å²) in [7, 11) is 0. The molecule has 0 spiro atoms. The summed E-state index contributed by atoms with van der Waals surface area (Å²) in [5.74, 6) is -1.09. The first-order chi connectivity index (χ1) is 19.4. The minimum atomic E-state index is -0.953. The minimum Gasteiger partial charge on any atom is -0.507 e. The van der Waals surface area contributed by atoms with Crippen molar-refractivity contribution in [1.82, 2.24) is 4.98 Å². The molecule has 5 rings (SSSR count). The second kappa shape index (κ2) is 11.9. The highest BCUT2D eigenvalue weighted by atomic mass is 32.1. The third-order valence-electron chi connectivity index (χ3n) is 6.55. The van der Waals surface area contributed by atoms with Gasteiger partial charge >= 0.3 is 5.91 Å². The highest BCUT2D eigenvalue weighted by Crippen LogP contribution is 2.44. The predicted molar refractivity (Wildman–Crippen MR) is 153 cm³/mol. The standard InChI is InChI=1S/C31H29FN2O5S/c1-3-5-17-39-23-11-6-19(7-12-23)27-26(28(35)20-8-13-22(14-9-20)38-16-4-2)29(36)30(37)34(27)31-33-24-15-10-21(32)18-25(24)40-31/h6-15,18,27,35H,3-5,16-17H2,1-2H3. The molecule has 9 heteroatoms. The molecule has 4 aromatic rings. The van der Waals surface area contributed by atoms with Crippen LogP contribution in [0.4, 0.5) is 9.52 Å². The summed E-state index contributed by atoms with van der Waals surface area (Å²) >= 11 is 1.11. The van der Waals surface area contributed by atoms with Crippen molar-refractivity contribution in [2.45, 2.75) is 39.2 Å². The van der Waals surface area contributed by atoms with Gasteiger partial charge in [0.1, 0.15) is 23.1 Å². The number of nitrogens with zero attached hydrogens (tertiary/aromatic N) is 2. The first kappa shape index (κ1) is 27.3. The number of carbonyl (C=O) groups is 2. The molecule has 1 aliphatic rings. The van der Waals surface area contributed by atoms with Gasteiger partial charge in [0.25, 0.3) is 5.78 Å². The Morgan fingerprint density at radius 2 is 1.62 bits per heavy atom. The van der Waals surface area contributed by atoms with Gasteiger partial charge in [-0.15, -0.1) is 0 Å². The van der Waals surface area contributed by atoms with Crippen LogP contribution in [0.25, 0.3) is 16.0 Å². The molecule has 1 unspecified atom stereocenters. The van der Waals surface area contributed by atoms with Crippen LogP contribution in [0, 0.1) is 5.82 Å². The number of carbonyl (C=O) groups excluding carboxylic acids is 2. The number of benzene rings is 3. The maximum absolute atomic E-state index is 13.9. The van der Waals surface area contributed by atoms with Crippen LogP contribution in [0.5, 0.6) is 11.5 Å². The molecule has 1 fully saturated rings. The first-order valence-corrected chi connectivity index (χ1v) is 14.1. The lowest BCUT2D eigenvalue weighted by Gasteiger charge is -2.23. The number of fused-ring (bicyclic) bond motifs is 1. The summed E-state index contributed by atoms with van der Waals surface area (Å²) in [5.41, 5.74) is 1.41. The number of aliphatic hydroxyl groups is 1. The molecule has 1 aromatic heterocycles. The lowest BCUT2D eigenvalue weighted by Crippen LogP contribution is -2.29. The van der Waals surface area contributed by atoms with Crippen LogP contribution >= 0.6 is 11.3 Å². The fourth-order valence-corrected chi connectivity index (χ4v) is 5.52. The summed E-state index contributed by atoms with van der Waals surface area (Å²) in [5, 5.41) is 11.6. The monoisotopic (exact) mass is 560 g/mol. The van der Waals surface area contributed by atoms with Crippen molar-refractivity contribution in [2.24, 2.45) is 0 Å². The van der Waals surface area contributed by atoms with Crippen molar-refractivity contribution in [1.29, 1.82) is 0 Å². The van der Waals surface area contributed by atoms with Gasteiger partial charge in [0.15, 0.2) is 5.13 Å². The number of halogens is 1. The summed E-state index contributed by atoms with van der Waals surface area (Å²) in [6, 6.07) is 17.0. The third kappa shape index (κ3) is 5.42. The van der Waals surface area contributed by atoms with Crippen LogP contribution in [-0.4, -0.2) is 35.0 Å². The van der Waals surface area contributed by atoms with Crippen molar-refractivity contribution >= 4 is 44.1 Å². The molecule has 3 aromatic carbocycles. The predicted octanol–water partition coefficient (Wildman–Crippen LogP) is 7.03. The number of thiazole rings is 1. The van der Waals surface area contributed by atoms with Gasteiger partial charge in [0, 0.05) is 5.56 Å². The van der Waals surface area contributed by atoms with Crippen molar-refractivity contribution in [3.63, 3.8) is 0 Å². The van der Waals surface area contributed by atoms with Crippen molar-refractivity contribution in [3.8, 4) is 11.5 Å². The molecular formula is C31H29FN2O5S. The Balaban J connectivity index is 1.59. The van der Waals surface area contributed by atoms with Crippen LogP contribution < -0.4 is 14.4 Å². The molecular weight excluding hydrogens is 531 g/mol. The number of rotatable bonds is 10. The van der Waals surface area contributed by atoms with E-state index < -0.39 is 23.5 Å². The number of Topliss-reactive ketones (excluding diaryl/α,β-unsaturated/α-hetero) is 1. The average molecular weight is 561 g/mol. The third-order valence-corrected chi connectivity index (χ3v) is 7.57. The second-order valence-corrected chi connectivity index (χ2v) is 10.4. The fourth-order valence-electron chi connectivity index (χ4n) is 4.50. The maximum atomic E-state index is 13.9. The summed E-state index contributed by atoms with van der Waals surface area (Å²) in [6.07, 6.45) is 2.78. The Morgan fingerprint density at radius 1 is 0.950 bits per heavy atom. The summed E-state index contributed by atoms with van der Waals surface area (Å²) < 4.78 is 25.8. The van der Waals surface area contributed by atoms with Gasteiger partial charge < -0.3 is 14.6 Å². The zero-order valence-electron chi connectivity index (χ0n) is 22.2. The van der Waals surface area contributed by atoms with E-state index in [0.717, 1.165) is 30.6 Å². The van der Waals surface area contributed by atoms with Crippen LogP contribution in [-0.2, 0) is 9.59 Å². The Kier molecular flexibility index (Phi) is 8.11. The van der Waals surface area contributed by atoms with E-state index in [4.69, 9.17) is 9.47 Å². The Bertz CT molecular complexity index is 1560. The highest BCUT2D eigenvalue weighted by Gasteiger charge is 2.48. The Morgan fingerprint density at radius 3 is 2.30 bits per heavy atom. The quantitative estimate of drug-likeness (QED) is 0.0970. The van der Waals surface area contributed by atoms with E-state index in [2.05, 4.69) is 11.9 Å². The smallest absolute Gasteiger partial charge is 0.301 e. The van der Waals surface area contributed by atoms with E-state index in [0.29, 0.717) is 46.1 Å². The van der Waals surface area contributed by atoms with Crippen LogP contribution in [0.1, 0.15) is 50.3 Å². The fraction of sp³-hybridized carbons (Fsp3) is 0.258. The zero-order valence-corrected chi connectivity index (χ0v) is 23.0. The molecule has 0 saturated carbocycles. The van der Waals surface area contributed by atoms with Gasteiger partial charge in [0.2, 0.25) is 0 Å². The first-order valence-electron chi connectivity index (χ1n) is 13.2. The Labute approximate surface area is 235 Å². The van der Waals surface area contributed by atoms with Crippen LogP contribution in [0.15, 0.2) is 72.3 Å². The van der Waals surface area contributed by atoms with Crippen LogP contribution in [0.3, 0.4) is 0 Å². The molecule has 1 aliphatic heterocycles. The van der Waals surface area contributed by atoms with Crippen molar-refractivity contribution < 1.29 is 28.6 Å². The number of ketones is 1. The van der Waals surface area contributed by atoms with E-state index in [1.807, 2.05) is 6.92 Å². The van der Waals surface area contributed by atoms with E-state index >= 15 is 0 Å². The van der Waals surface area contributed by atoms with Crippen molar-refractivity contribution in [3.05, 3.63) is 89.2 Å². The second-order valence-electron chi connectivity index (χ2n) is 9.42. The molecule has 40 heavy (non-hydrogen) atoms. The normalized spacial score (nSPS) is 16.6. The molecule has 1 amide bonds. The van der Waals surface area contributed by atoms with Crippen molar-refractivity contribution in [2.75, 3.05) is 18.1 Å². The number of amides is 1. The number of anilines is 1. The zero-order chi connectivity index (χ0) is 28.2. The van der Waals surface area contributed by atoms with Gasteiger partial charge in [-0.2, -0.15) is 0 Å². The topological polar surface area (TPSA) is 89.0 Å². The summed E-state index contributed by atoms with van der Waals surface area (Å²) in [6.45, 7) is 5.22. The molecule has 2 heterocycles. The number of unbranched alkanes of at least 4 members (excludes halogenated alkanes) is 1. The SMILES string of the molecule is CCCCOc1ccc(C2C(=C(O)c3ccc(OCCC)cc3)C(=O)C(=O)N2c2nc3ccc(F)cc3s2)cc1. The van der Waals surface area contributed by atoms with Crippen LogP contribution in [0.2, 0.25) is 0 Å². The lowest BCUT2D eigenvalue weighted by atomic mass is 9.95. The molecule has 0 bridgehead atoms. The van der Waals surface area contributed by atoms with Gasteiger partial charge in [-0.05, 0) is 73.0 Å². The van der Waals surface area contributed by atoms with E-state index in [1.54, 1.807) is 48.5 Å². The van der Waals surface area contributed by atoms with E-state index in [1.165, 1.54) is 23.1 Å². The molecule has 1 atom stereocenters. The maximum Gasteiger partial charge on any atom is 0.301 e. The van der Waals surface area contributed by atoms with Gasteiger partial charge in [-0.3, -0.25) is 14.5 Å². The molecule has 206 valence electrons. The summed E-state index contributed by atoms with van der Waals surface area (Å²) in [4.78, 5) is 32.7. The molecule has 0 radical (unpaired) electrons. The lowest BCUT2D eigenvalue weighted by molar-refractivity contribution is -0.132. The number of aliphatic hydroxyl groups excluding tert-OH is 1. The molecule has 7 nitrogen and oxygen atoms in total. The average Bonchev–Trinajstić information content (AvgIpc) is 3.49. The number of hydrogen-bond donors (Lipinski definition) is 1. The Hall–Kier alpha value is -4.24. The van der Waals surface area contributed by atoms with Gasteiger partial charge in [0.05, 0.1) is 35.0 Å². The van der Waals surface area contributed by atoms with Gasteiger partial charge in [-0.25, -0.2) is 9.37 Å². The largest absolute Gasteiger partial charge is 0.507 e. The molecule has 0 aliphatic carbocycles. The minimum absolute atomic E-state index is 0.0580. The highest BCUT2D eigenvalue weighted by molar-refractivity contribution is 7.22. The van der Waals surface area contributed by atoms with E-state index in [-0.39, 0.29) is 16.5 Å². The van der Waals surface area contributed by atoms with Gasteiger partial charge in [-0.1, -0.05) is 43.7 Å². The molecule has 1 N–H and O–H groups in total.